The van der Waals surface area contributed by atoms with E-state index in [0.29, 0.717) is 11.3 Å². The SMILES string of the molecule is NC(=Nc1cccnc1)NC(=O)c1cnc2c(c1)CCCCC2. The van der Waals surface area contributed by atoms with Gasteiger partial charge in [0, 0.05) is 18.1 Å². The number of aromatic nitrogens is 2. The number of pyridine rings is 2. The van der Waals surface area contributed by atoms with E-state index in [-0.39, 0.29) is 11.9 Å². The quantitative estimate of drug-likeness (QED) is 0.505. The van der Waals surface area contributed by atoms with Gasteiger partial charge in [0.2, 0.25) is 5.96 Å². The Kier molecular flexibility index (Phi) is 4.61. The monoisotopic (exact) mass is 309 g/mol. The van der Waals surface area contributed by atoms with Crippen molar-refractivity contribution >= 4 is 17.6 Å². The maximum Gasteiger partial charge on any atom is 0.259 e. The predicted octanol–water partition coefficient (Wildman–Crippen LogP) is 2.12. The summed E-state index contributed by atoms with van der Waals surface area (Å²) in [6.07, 6.45) is 10.3. The van der Waals surface area contributed by atoms with Gasteiger partial charge in [0.25, 0.3) is 5.91 Å². The molecule has 0 saturated heterocycles. The first-order valence-electron chi connectivity index (χ1n) is 7.76. The first-order valence-corrected chi connectivity index (χ1v) is 7.76. The minimum absolute atomic E-state index is 0.0398. The number of amides is 1. The Morgan fingerprint density at radius 2 is 2.09 bits per heavy atom. The van der Waals surface area contributed by atoms with E-state index in [0.717, 1.165) is 36.9 Å². The summed E-state index contributed by atoms with van der Waals surface area (Å²) in [5.41, 5.74) is 9.15. The number of nitrogens with two attached hydrogens (primary N) is 1. The van der Waals surface area contributed by atoms with Crippen LogP contribution in [0.2, 0.25) is 0 Å². The predicted molar refractivity (Wildman–Crippen MR) is 88.5 cm³/mol. The van der Waals surface area contributed by atoms with Gasteiger partial charge in [-0.05, 0) is 49.4 Å². The fourth-order valence-electron chi connectivity index (χ4n) is 2.66. The largest absolute Gasteiger partial charge is 0.369 e. The highest BCUT2D eigenvalue weighted by Gasteiger charge is 2.13. The molecule has 6 nitrogen and oxygen atoms in total. The molecular formula is C17H19N5O. The third kappa shape index (κ3) is 3.91. The van der Waals surface area contributed by atoms with Crippen molar-refractivity contribution in [2.75, 3.05) is 0 Å². The molecule has 0 fully saturated rings. The highest BCUT2D eigenvalue weighted by atomic mass is 16.1. The summed E-state index contributed by atoms with van der Waals surface area (Å²) in [4.78, 5) is 24.8. The van der Waals surface area contributed by atoms with Crippen LogP contribution in [-0.4, -0.2) is 21.8 Å². The van der Waals surface area contributed by atoms with Crippen molar-refractivity contribution in [3.63, 3.8) is 0 Å². The van der Waals surface area contributed by atoms with Crippen LogP contribution in [0.1, 0.15) is 40.9 Å². The van der Waals surface area contributed by atoms with Crippen molar-refractivity contribution in [2.45, 2.75) is 32.1 Å². The minimum Gasteiger partial charge on any atom is -0.369 e. The fourth-order valence-corrected chi connectivity index (χ4v) is 2.66. The Balaban J connectivity index is 1.73. The summed E-state index contributed by atoms with van der Waals surface area (Å²) in [6.45, 7) is 0. The van der Waals surface area contributed by atoms with Gasteiger partial charge in [0.1, 0.15) is 0 Å². The first kappa shape index (κ1) is 15.1. The zero-order chi connectivity index (χ0) is 16.1. The number of nitrogens with zero attached hydrogens (tertiary/aromatic N) is 3. The highest BCUT2D eigenvalue weighted by Crippen LogP contribution is 2.19. The second-order valence-electron chi connectivity index (χ2n) is 5.55. The summed E-state index contributed by atoms with van der Waals surface area (Å²) in [7, 11) is 0. The van der Waals surface area contributed by atoms with Gasteiger partial charge in [0.15, 0.2) is 0 Å². The molecule has 0 unspecified atom stereocenters. The highest BCUT2D eigenvalue weighted by molar-refractivity contribution is 6.05. The Morgan fingerprint density at radius 3 is 2.91 bits per heavy atom. The minimum atomic E-state index is -0.297. The lowest BCUT2D eigenvalue weighted by Crippen LogP contribution is -2.36. The van der Waals surface area contributed by atoms with Gasteiger partial charge in [-0.1, -0.05) is 6.42 Å². The van der Waals surface area contributed by atoms with Gasteiger partial charge in [-0.3, -0.25) is 20.1 Å². The number of nitrogens with one attached hydrogen (secondary N) is 1. The van der Waals surface area contributed by atoms with Crippen LogP contribution in [0.25, 0.3) is 0 Å². The summed E-state index contributed by atoms with van der Waals surface area (Å²) in [6, 6.07) is 5.43. The number of aryl methyl sites for hydroxylation is 2. The number of fused-ring (bicyclic) bond motifs is 1. The summed E-state index contributed by atoms with van der Waals surface area (Å²) < 4.78 is 0. The molecule has 118 valence electrons. The van der Waals surface area contributed by atoms with Crippen molar-refractivity contribution < 1.29 is 4.79 Å². The molecule has 0 aliphatic heterocycles. The van der Waals surface area contributed by atoms with E-state index < -0.39 is 0 Å². The van der Waals surface area contributed by atoms with E-state index in [1.165, 1.54) is 6.42 Å². The first-order chi connectivity index (χ1) is 11.2. The Bertz CT molecular complexity index is 727. The Morgan fingerprint density at radius 1 is 1.22 bits per heavy atom. The number of guanidine groups is 1. The number of aliphatic imine (C=N–C) groups is 1. The average molecular weight is 309 g/mol. The van der Waals surface area contributed by atoms with E-state index in [2.05, 4.69) is 20.3 Å². The molecule has 0 spiro atoms. The molecule has 23 heavy (non-hydrogen) atoms. The normalized spacial score (nSPS) is 14.7. The molecule has 0 saturated carbocycles. The van der Waals surface area contributed by atoms with Gasteiger partial charge in [0.05, 0.1) is 17.4 Å². The molecule has 0 atom stereocenters. The molecule has 3 N–H and O–H groups in total. The number of hydrogen-bond donors (Lipinski definition) is 2. The molecule has 2 aromatic rings. The molecule has 2 aromatic heterocycles. The van der Waals surface area contributed by atoms with E-state index in [1.807, 2.05) is 6.07 Å². The number of rotatable bonds is 2. The van der Waals surface area contributed by atoms with E-state index >= 15 is 0 Å². The molecular weight excluding hydrogens is 290 g/mol. The maximum atomic E-state index is 12.3. The lowest BCUT2D eigenvalue weighted by molar-refractivity contribution is 0.0976. The van der Waals surface area contributed by atoms with E-state index in [9.17, 15) is 4.79 Å². The molecule has 0 bridgehead atoms. The smallest absolute Gasteiger partial charge is 0.259 e. The van der Waals surface area contributed by atoms with Gasteiger partial charge in [-0.25, -0.2) is 4.99 Å². The summed E-state index contributed by atoms with van der Waals surface area (Å²) in [5.74, 6) is -0.257. The van der Waals surface area contributed by atoms with Crippen LogP contribution in [0, 0.1) is 0 Å². The van der Waals surface area contributed by atoms with Gasteiger partial charge >= 0.3 is 0 Å². The molecule has 0 aromatic carbocycles. The second kappa shape index (κ2) is 7.00. The zero-order valence-corrected chi connectivity index (χ0v) is 12.8. The van der Waals surface area contributed by atoms with Crippen LogP contribution in [0.5, 0.6) is 0 Å². The van der Waals surface area contributed by atoms with Crippen molar-refractivity contribution in [1.82, 2.24) is 15.3 Å². The summed E-state index contributed by atoms with van der Waals surface area (Å²) in [5, 5.41) is 2.59. The molecule has 1 aliphatic carbocycles. The van der Waals surface area contributed by atoms with Crippen LogP contribution >= 0.6 is 0 Å². The van der Waals surface area contributed by atoms with Crippen LogP contribution in [0.15, 0.2) is 41.8 Å². The molecule has 6 heteroatoms. The van der Waals surface area contributed by atoms with Crippen LogP contribution in [-0.2, 0) is 12.8 Å². The van der Waals surface area contributed by atoms with Crippen molar-refractivity contribution in [1.29, 1.82) is 0 Å². The Hall–Kier alpha value is -2.76. The fraction of sp³-hybridized carbons (Fsp3) is 0.294. The standard InChI is InChI=1S/C17H19N5O/c18-17(21-14-6-4-8-19-11-14)22-16(23)13-9-12-5-2-1-3-7-15(12)20-10-13/h4,6,8-11H,1-3,5,7H2,(H3,18,21,22,23). The van der Waals surface area contributed by atoms with Gasteiger partial charge in [-0.2, -0.15) is 0 Å². The molecule has 3 rings (SSSR count). The topological polar surface area (TPSA) is 93.3 Å². The lowest BCUT2D eigenvalue weighted by atomic mass is 10.1. The average Bonchev–Trinajstić information content (AvgIpc) is 2.80. The van der Waals surface area contributed by atoms with Gasteiger partial charge < -0.3 is 5.73 Å². The van der Waals surface area contributed by atoms with Crippen molar-refractivity contribution in [3.05, 3.63) is 53.6 Å². The van der Waals surface area contributed by atoms with Crippen LogP contribution < -0.4 is 11.1 Å². The number of carbonyl (C=O) groups is 1. The molecule has 0 radical (unpaired) electrons. The maximum absolute atomic E-state index is 12.3. The summed E-state index contributed by atoms with van der Waals surface area (Å²) >= 11 is 0. The number of hydrogen-bond acceptors (Lipinski definition) is 4. The van der Waals surface area contributed by atoms with Crippen LogP contribution in [0.3, 0.4) is 0 Å². The molecule has 1 amide bonds. The zero-order valence-electron chi connectivity index (χ0n) is 12.8. The van der Waals surface area contributed by atoms with Crippen molar-refractivity contribution in [3.8, 4) is 0 Å². The van der Waals surface area contributed by atoms with Crippen molar-refractivity contribution in [2.24, 2.45) is 10.7 Å². The van der Waals surface area contributed by atoms with E-state index in [1.54, 1.807) is 30.7 Å². The van der Waals surface area contributed by atoms with Crippen LogP contribution in [0.4, 0.5) is 5.69 Å². The molecule has 1 aliphatic rings. The lowest BCUT2D eigenvalue weighted by Gasteiger charge is -2.08. The third-order valence-electron chi connectivity index (χ3n) is 3.82. The number of carbonyl (C=O) groups excluding carboxylic acids is 1. The van der Waals surface area contributed by atoms with Gasteiger partial charge in [-0.15, -0.1) is 0 Å². The second-order valence-corrected chi connectivity index (χ2v) is 5.55. The molecule has 2 heterocycles. The third-order valence-corrected chi connectivity index (χ3v) is 3.82. The van der Waals surface area contributed by atoms with E-state index in [4.69, 9.17) is 5.73 Å². The Labute approximate surface area is 134 Å².